The normalized spacial score (nSPS) is 10.8. The first-order valence-electron chi connectivity index (χ1n) is 4.48. The fraction of sp³-hybridized carbons (Fsp3) is 0.273. The first-order chi connectivity index (χ1) is 6.79. The van der Waals surface area contributed by atoms with Gasteiger partial charge in [0.05, 0.1) is 7.11 Å². The van der Waals surface area contributed by atoms with Crippen LogP contribution in [0, 0.1) is 5.82 Å². The van der Waals surface area contributed by atoms with Crippen LogP contribution in [-0.2, 0) is 0 Å². The standard InChI is InChI=1S/C11H14FNO/c1-14-10-7-4-6-9(11(10)12)5-2-3-8-13/h2,4-7H,3,8,13H2,1H3/b5-2+. The summed E-state index contributed by atoms with van der Waals surface area (Å²) in [6, 6.07) is 5.05. The number of hydrogen-bond acceptors (Lipinski definition) is 2. The Balaban J connectivity index is 2.86. The van der Waals surface area contributed by atoms with E-state index in [1.807, 2.05) is 6.08 Å². The number of methoxy groups -OCH3 is 1. The van der Waals surface area contributed by atoms with Crippen LogP contribution in [0.15, 0.2) is 24.3 Å². The lowest BCUT2D eigenvalue weighted by molar-refractivity contribution is 0.386. The fourth-order valence-electron chi connectivity index (χ4n) is 1.12. The second-order valence-corrected chi connectivity index (χ2v) is 2.84. The molecule has 0 saturated heterocycles. The van der Waals surface area contributed by atoms with E-state index in [0.717, 1.165) is 6.42 Å². The average Bonchev–Trinajstić information content (AvgIpc) is 2.21. The minimum Gasteiger partial charge on any atom is -0.494 e. The van der Waals surface area contributed by atoms with Gasteiger partial charge in [-0.3, -0.25) is 0 Å². The van der Waals surface area contributed by atoms with Gasteiger partial charge in [-0.25, -0.2) is 4.39 Å². The van der Waals surface area contributed by atoms with Crippen molar-refractivity contribution in [3.05, 3.63) is 35.7 Å². The molecular formula is C11H14FNO. The summed E-state index contributed by atoms with van der Waals surface area (Å²) in [5.41, 5.74) is 5.84. The van der Waals surface area contributed by atoms with E-state index < -0.39 is 0 Å². The van der Waals surface area contributed by atoms with Crippen molar-refractivity contribution in [3.63, 3.8) is 0 Å². The molecule has 0 aliphatic carbocycles. The highest BCUT2D eigenvalue weighted by Gasteiger charge is 2.04. The number of hydrogen-bond donors (Lipinski definition) is 1. The van der Waals surface area contributed by atoms with Crippen molar-refractivity contribution in [1.82, 2.24) is 0 Å². The molecule has 1 aromatic rings. The third-order valence-electron chi connectivity index (χ3n) is 1.84. The number of nitrogens with two attached hydrogens (primary N) is 1. The van der Waals surface area contributed by atoms with E-state index in [1.54, 1.807) is 24.3 Å². The zero-order valence-electron chi connectivity index (χ0n) is 8.16. The van der Waals surface area contributed by atoms with Gasteiger partial charge in [0.1, 0.15) is 0 Å². The van der Waals surface area contributed by atoms with Crippen LogP contribution in [0.5, 0.6) is 5.75 Å². The fourth-order valence-corrected chi connectivity index (χ4v) is 1.12. The molecule has 0 fully saturated rings. The van der Waals surface area contributed by atoms with Crippen molar-refractivity contribution in [3.8, 4) is 5.75 Å². The minimum absolute atomic E-state index is 0.264. The highest BCUT2D eigenvalue weighted by molar-refractivity contribution is 5.52. The Morgan fingerprint density at radius 3 is 2.93 bits per heavy atom. The molecule has 0 bridgehead atoms. The smallest absolute Gasteiger partial charge is 0.172 e. The number of rotatable bonds is 4. The van der Waals surface area contributed by atoms with E-state index in [0.29, 0.717) is 12.1 Å². The second-order valence-electron chi connectivity index (χ2n) is 2.84. The lowest BCUT2D eigenvalue weighted by Crippen LogP contribution is -1.95. The lowest BCUT2D eigenvalue weighted by atomic mass is 10.1. The topological polar surface area (TPSA) is 35.2 Å². The molecule has 0 radical (unpaired) electrons. The van der Waals surface area contributed by atoms with Crippen molar-refractivity contribution in [1.29, 1.82) is 0 Å². The van der Waals surface area contributed by atoms with Crippen molar-refractivity contribution in [2.24, 2.45) is 5.73 Å². The molecule has 0 aliphatic heterocycles. The van der Waals surface area contributed by atoms with Crippen LogP contribution >= 0.6 is 0 Å². The number of ether oxygens (including phenoxy) is 1. The largest absolute Gasteiger partial charge is 0.494 e. The van der Waals surface area contributed by atoms with Gasteiger partial charge >= 0.3 is 0 Å². The molecule has 3 heteroatoms. The van der Waals surface area contributed by atoms with Gasteiger partial charge in [-0.15, -0.1) is 0 Å². The molecule has 0 heterocycles. The molecule has 0 aliphatic rings. The molecule has 0 unspecified atom stereocenters. The molecule has 2 nitrogen and oxygen atoms in total. The summed E-state index contributed by atoms with van der Waals surface area (Å²) in [5, 5.41) is 0. The maximum atomic E-state index is 13.5. The highest BCUT2D eigenvalue weighted by Crippen LogP contribution is 2.20. The van der Waals surface area contributed by atoms with E-state index in [4.69, 9.17) is 10.5 Å². The molecule has 14 heavy (non-hydrogen) atoms. The Labute approximate surface area is 83.2 Å². The molecule has 0 atom stereocenters. The summed E-state index contributed by atoms with van der Waals surface area (Å²) in [4.78, 5) is 0. The van der Waals surface area contributed by atoms with E-state index in [2.05, 4.69) is 0 Å². The summed E-state index contributed by atoms with van der Waals surface area (Å²) in [6.45, 7) is 0.572. The molecule has 1 aromatic carbocycles. The van der Waals surface area contributed by atoms with Crippen molar-refractivity contribution < 1.29 is 9.13 Å². The van der Waals surface area contributed by atoms with E-state index in [1.165, 1.54) is 7.11 Å². The minimum atomic E-state index is -0.330. The third kappa shape index (κ3) is 2.57. The summed E-state index contributed by atoms with van der Waals surface area (Å²) in [7, 11) is 1.45. The van der Waals surface area contributed by atoms with Gasteiger partial charge in [-0.1, -0.05) is 24.3 Å². The molecule has 2 N–H and O–H groups in total. The Bertz CT molecular complexity index is 323. The van der Waals surface area contributed by atoms with Gasteiger partial charge in [0, 0.05) is 5.56 Å². The molecule has 76 valence electrons. The predicted molar refractivity (Wildman–Crippen MR) is 55.7 cm³/mol. The van der Waals surface area contributed by atoms with Gasteiger partial charge in [0.2, 0.25) is 0 Å². The van der Waals surface area contributed by atoms with E-state index in [9.17, 15) is 4.39 Å². The molecule has 0 amide bonds. The van der Waals surface area contributed by atoms with Crippen LogP contribution in [-0.4, -0.2) is 13.7 Å². The maximum Gasteiger partial charge on any atom is 0.172 e. The van der Waals surface area contributed by atoms with E-state index in [-0.39, 0.29) is 11.6 Å². The summed E-state index contributed by atoms with van der Waals surface area (Å²) < 4.78 is 18.4. The molecule has 1 rings (SSSR count). The summed E-state index contributed by atoms with van der Waals surface area (Å²) in [5.74, 6) is -0.0665. The van der Waals surface area contributed by atoms with Crippen LogP contribution in [0.3, 0.4) is 0 Å². The average molecular weight is 195 g/mol. The van der Waals surface area contributed by atoms with Crippen molar-refractivity contribution >= 4 is 6.08 Å². The van der Waals surface area contributed by atoms with Gasteiger partial charge in [0.15, 0.2) is 11.6 Å². The van der Waals surface area contributed by atoms with Crippen LogP contribution in [0.25, 0.3) is 6.08 Å². The van der Waals surface area contributed by atoms with Gasteiger partial charge in [-0.05, 0) is 19.0 Å². The van der Waals surface area contributed by atoms with E-state index >= 15 is 0 Å². The summed E-state index contributed by atoms with van der Waals surface area (Å²) in [6.07, 6.45) is 4.30. The first kappa shape index (κ1) is 10.7. The third-order valence-corrected chi connectivity index (χ3v) is 1.84. The summed E-state index contributed by atoms with van der Waals surface area (Å²) >= 11 is 0. The molecule has 0 saturated carbocycles. The van der Waals surface area contributed by atoms with Crippen molar-refractivity contribution in [2.45, 2.75) is 6.42 Å². The van der Waals surface area contributed by atoms with Crippen LogP contribution in [0.4, 0.5) is 4.39 Å². The van der Waals surface area contributed by atoms with Gasteiger partial charge in [0.25, 0.3) is 0 Å². The zero-order chi connectivity index (χ0) is 10.4. The van der Waals surface area contributed by atoms with Crippen LogP contribution in [0.2, 0.25) is 0 Å². The maximum absolute atomic E-state index is 13.5. The number of benzene rings is 1. The number of halogens is 1. The molecule has 0 spiro atoms. The first-order valence-corrected chi connectivity index (χ1v) is 4.48. The van der Waals surface area contributed by atoms with Crippen LogP contribution in [0.1, 0.15) is 12.0 Å². The van der Waals surface area contributed by atoms with Gasteiger partial charge < -0.3 is 10.5 Å². The second kappa shape index (κ2) is 5.40. The molecule has 0 aromatic heterocycles. The Kier molecular flexibility index (Phi) is 4.13. The Morgan fingerprint density at radius 1 is 1.50 bits per heavy atom. The highest BCUT2D eigenvalue weighted by atomic mass is 19.1. The van der Waals surface area contributed by atoms with Crippen LogP contribution < -0.4 is 10.5 Å². The molecular weight excluding hydrogens is 181 g/mol. The lowest BCUT2D eigenvalue weighted by Gasteiger charge is -2.03. The SMILES string of the molecule is COc1cccc(/C=C/CCN)c1F. The quantitative estimate of drug-likeness (QED) is 0.799. The monoisotopic (exact) mass is 195 g/mol. The van der Waals surface area contributed by atoms with Gasteiger partial charge in [-0.2, -0.15) is 0 Å². The zero-order valence-corrected chi connectivity index (χ0v) is 8.16. The predicted octanol–water partition coefficient (Wildman–Crippen LogP) is 2.20. The Morgan fingerprint density at radius 2 is 2.29 bits per heavy atom. The van der Waals surface area contributed by atoms with Crippen molar-refractivity contribution in [2.75, 3.05) is 13.7 Å². The Hall–Kier alpha value is -1.35.